The Kier molecular flexibility index (Phi) is 7.04. The van der Waals surface area contributed by atoms with Crippen LogP contribution in [0.25, 0.3) is 11.4 Å². The van der Waals surface area contributed by atoms with Gasteiger partial charge in [-0.3, -0.25) is 9.59 Å². The Labute approximate surface area is 169 Å². The number of nitrogens with one attached hydrogen (secondary N) is 1. The van der Waals surface area contributed by atoms with E-state index in [2.05, 4.69) is 15.5 Å². The number of nitrogens with zero attached hydrogens (tertiary/aromatic N) is 3. The maximum atomic E-state index is 12.0. The molecule has 0 bridgehead atoms. The van der Waals surface area contributed by atoms with Gasteiger partial charge in [-0.1, -0.05) is 5.16 Å². The second kappa shape index (κ2) is 9.90. The van der Waals surface area contributed by atoms with Gasteiger partial charge in [0.1, 0.15) is 0 Å². The van der Waals surface area contributed by atoms with Crippen LogP contribution in [-0.2, 0) is 16.0 Å². The first kappa shape index (κ1) is 20.6. The van der Waals surface area contributed by atoms with Crippen LogP contribution >= 0.6 is 0 Å². The lowest BCUT2D eigenvalue weighted by molar-refractivity contribution is -0.127. The van der Waals surface area contributed by atoms with Crippen LogP contribution in [-0.4, -0.2) is 60.7 Å². The van der Waals surface area contributed by atoms with Crippen molar-refractivity contribution in [2.24, 2.45) is 0 Å². The van der Waals surface area contributed by atoms with Gasteiger partial charge in [0.05, 0.1) is 14.2 Å². The molecule has 29 heavy (non-hydrogen) atoms. The molecule has 1 aliphatic rings. The van der Waals surface area contributed by atoms with Crippen molar-refractivity contribution in [3.05, 3.63) is 24.1 Å². The summed E-state index contributed by atoms with van der Waals surface area (Å²) in [7, 11) is 3.13. The highest BCUT2D eigenvalue weighted by atomic mass is 16.5. The van der Waals surface area contributed by atoms with Crippen molar-refractivity contribution in [3.63, 3.8) is 0 Å². The topological polar surface area (TPSA) is 107 Å². The summed E-state index contributed by atoms with van der Waals surface area (Å²) in [5, 5.41) is 6.83. The van der Waals surface area contributed by atoms with E-state index in [1.54, 1.807) is 26.4 Å². The molecule has 2 heterocycles. The molecule has 1 N–H and O–H groups in total. The molecule has 1 fully saturated rings. The van der Waals surface area contributed by atoms with Gasteiger partial charge in [-0.2, -0.15) is 4.98 Å². The van der Waals surface area contributed by atoms with Crippen molar-refractivity contribution in [2.75, 3.05) is 33.9 Å². The second-order valence-electron chi connectivity index (χ2n) is 6.77. The minimum Gasteiger partial charge on any atom is -0.493 e. The molecule has 1 saturated heterocycles. The van der Waals surface area contributed by atoms with E-state index in [0.717, 1.165) is 24.9 Å². The van der Waals surface area contributed by atoms with Gasteiger partial charge in [0.2, 0.25) is 23.5 Å². The average molecular weight is 402 g/mol. The Balaban J connectivity index is 1.43. The normalized spacial score (nSPS) is 13.6. The van der Waals surface area contributed by atoms with E-state index in [4.69, 9.17) is 14.0 Å². The van der Waals surface area contributed by atoms with Crippen LogP contribution in [0.15, 0.2) is 22.7 Å². The third-order valence-electron chi connectivity index (χ3n) is 4.77. The summed E-state index contributed by atoms with van der Waals surface area (Å²) < 4.78 is 15.7. The van der Waals surface area contributed by atoms with Crippen LogP contribution in [0.1, 0.15) is 31.6 Å². The molecule has 3 rings (SSSR count). The van der Waals surface area contributed by atoms with E-state index in [-0.39, 0.29) is 18.2 Å². The van der Waals surface area contributed by atoms with Gasteiger partial charge in [-0.25, -0.2) is 0 Å². The molecule has 9 heteroatoms. The lowest BCUT2D eigenvalue weighted by atomic mass is 10.2. The van der Waals surface area contributed by atoms with E-state index in [0.29, 0.717) is 49.1 Å². The van der Waals surface area contributed by atoms with Crippen molar-refractivity contribution in [2.45, 2.75) is 32.1 Å². The van der Waals surface area contributed by atoms with Gasteiger partial charge in [0.15, 0.2) is 11.5 Å². The molecular formula is C20H26N4O5. The van der Waals surface area contributed by atoms with E-state index in [1.807, 2.05) is 11.0 Å². The highest BCUT2D eigenvalue weighted by Gasteiger charge is 2.19. The average Bonchev–Trinajstić information content (AvgIpc) is 3.38. The van der Waals surface area contributed by atoms with Gasteiger partial charge in [0, 0.05) is 44.5 Å². The lowest BCUT2D eigenvalue weighted by Gasteiger charge is -2.15. The zero-order valence-corrected chi connectivity index (χ0v) is 16.8. The van der Waals surface area contributed by atoms with Crippen LogP contribution in [0, 0.1) is 0 Å². The predicted octanol–water partition coefficient (Wildman–Crippen LogP) is 1.82. The van der Waals surface area contributed by atoms with E-state index in [9.17, 15) is 9.59 Å². The molecule has 2 aromatic rings. The lowest BCUT2D eigenvalue weighted by Crippen LogP contribution is -2.30. The molecule has 0 unspecified atom stereocenters. The monoisotopic (exact) mass is 402 g/mol. The predicted molar refractivity (Wildman–Crippen MR) is 105 cm³/mol. The van der Waals surface area contributed by atoms with Gasteiger partial charge >= 0.3 is 0 Å². The molecule has 0 radical (unpaired) electrons. The third kappa shape index (κ3) is 5.46. The molecule has 0 saturated carbocycles. The summed E-state index contributed by atoms with van der Waals surface area (Å²) in [6.07, 6.45) is 2.94. The van der Waals surface area contributed by atoms with Crippen LogP contribution < -0.4 is 14.8 Å². The molecule has 1 aliphatic heterocycles. The van der Waals surface area contributed by atoms with Crippen molar-refractivity contribution in [3.8, 4) is 22.9 Å². The van der Waals surface area contributed by atoms with E-state index >= 15 is 0 Å². The number of likely N-dealkylation sites (tertiary alicyclic amines) is 1. The number of hydrogen-bond donors (Lipinski definition) is 1. The fourth-order valence-electron chi connectivity index (χ4n) is 3.20. The SMILES string of the molecule is COc1ccc(-c2noc(CCC(=O)NCCCN3CCCC3=O)n2)cc1OC. The van der Waals surface area contributed by atoms with Crippen LogP contribution in [0.3, 0.4) is 0 Å². The number of ether oxygens (including phenoxy) is 2. The van der Waals surface area contributed by atoms with Crippen molar-refractivity contribution in [1.29, 1.82) is 0 Å². The summed E-state index contributed by atoms with van der Waals surface area (Å²) >= 11 is 0. The molecule has 0 spiro atoms. The summed E-state index contributed by atoms with van der Waals surface area (Å²) in [5.41, 5.74) is 0.735. The summed E-state index contributed by atoms with van der Waals surface area (Å²) in [6, 6.07) is 5.35. The Hall–Kier alpha value is -3.10. The number of aromatic nitrogens is 2. The quantitative estimate of drug-likeness (QED) is 0.604. The number of carbonyl (C=O) groups is 2. The van der Waals surface area contributed by atoms with Crippen LogP contribution in [0.5, 0.6) is 11.5 Å². The Morgan fingerprint density at radius 2 is 2.10 bits per heavy atom. The Bertz CT molecular complexity index is 851. The third-order valence-corrected chi connectivity index (χ3v) is 4.77. The van der Waals surface area contributed by atoms with Gasteiger partial charge in [-0.15, -0.1) is 0 Å². The molecule has 0 aliphatic carbocycles. The minimum absolute atomic E-state index is 0.0800. The number of carbonyl (C=O) groups excluding carboxylic acids is 2. The van der Waals surface area contributed by atoms with Gasteiger partial charge < -0.3 is 24.2 Å². The van der Waals surface area contributed by atoms with Crippen molar-refractivity contribution < 1.29 is 23.6 Å². The molecule has 1 aromatic heterocycles. The van der Waals surface area contributed by atoms with Crippen molar-refractivity contribution >= 4 is 11.8 Å². The minimum atomic E-state index is -0.0800. The second-order valence-corrected chi connectivity index (χ2v) is 6.77. The number of benzene rings is 1. The molecule has 1 aromatic carbocycles. The Morgan fingerprint density at radius 1 is 1.28 bits per heavy atom. The first-order chi connectivity index (χ1) is 14.1. The zero-order valence-electron chi connectivity index (χ0n) is 16.8. The highest BCUT2D eigenvalue weighted by molar-refractivity contribution is 5.78. The number of hydrogen-bond acceptors (Lipinski definition) is 7. The first-order valence-electron chi connectivity index (χ1n) is 9.70. The highest BCUT2D eigenvalue weighted by Crippen LogP contribution is 2.31. The molecule has 156 valence electrons. The van der Waals surface area contributed by atoms with E-state index < -0.39 is 0 Å². The standard InChI is InChI=1S/C20H26N4O5/c1-27-15-7-6-14(13-16(15)28-2)20-22-18(29-23-20)9-8-17(25)21-10-4-12-24-11-3-5-19(24)26/h6-7,13H,3-5,8-12H2,1-2H3,(H,21,25). The number of rotatable bonds is 10. The maximum absolute atomic E-state index is 12.0. The molecular weight excluding hydrogens is 376 g/mol. The summed E-state index contributed by atoms with van der Waals surface area (Å²) in [5.74, 6) is 2.14. The fraction of sp³-hybridized carbons (Fsp3) is 0.500. The number of methoxy groups -OCH3 is 2. The molecule has 2 amide bonds. The van der Waals surface area contributed by atoms with Crippen LogP contribution in [0.4, 0.5) is 0 Å². The van der Waals surface area contributed by atoms with Crippen LogP contribution in [0.2, 0.25) is 0 Å². The summed E-state index contributed by atoms with van der Waals surface area (Å²) in [4.78, 5) is 29.7. The zero-order chi connectivity index (χ0) is 20.6. The van der Waals surface area contributed by atoms with Gasteiger partial charge in [0.25, 0.3) is 0 Å². The fourth-order valence-corrected chi connectivity index (χ4v) is 3.20. The first-order valence-corrected chi connectivity index (χ1v) is 9.70. The largest absolute Gasteiger partial charge is 0.493 e. The number of amides is 2. The van der Waals surface area contributed by atoms with Crippen molar-refractivity contribution in [1.82, 2.24) is 20.4 Å². The van der Waals surface area contributed by atoms with Gasteiger partial charge in [-0.05, 0) is 31.0 Å². The summed E-state index contributed by atoms with van der Waals surface area (Å²) in [6.45, 7) is 2.06. The Morgan fingerprint density at radius 3 is 2.83 bits per heavy atom. The maximum Gasteiger partial charge on any atom is 0.227 e. The molecule has 0 atom stereocenters. The smallest absolute Gasteiger partial charge is 0.227 e. The number of aryl methyl sites for hydroxylation is 1. The van der Waals surface area contributed by atoms with E-state index in [1.165, 1.54) is 0 Å². The molecule has 9 nitrogen and oxygen atoms in total.